The molecule has 0 atom stereocenters. The van der Waals surface area contributed by atoms with Crippen molar-refractivity contribution in [3.8, 4) is 11.1 Å². The van der Waals surface area contributed by atoms with Crippen molar-refractivity contribution in [2.75, 3.05) is 0 Å². The summed E-state index contributed by atoms with van der Waals surface area (Å²) in [5, 5.41) is 17.9. The number of non-ortho nitro benzene ring substituents is 1. The van der Waals surface area contributed by atoms with Gasteiger partial charge in [0, 0.05) is 36.6 Å². The van der Waals surface area contributed by atoms with Crippen molar-refractivity contribution in [1.29, 1.82) is 0 Å². The van der Waals surface area contributed by atoms with Gasteiger partial charge in [0.15, 0.2) is 0 Å². The highest BCUT2D eigenvalue weighted by atomic mass is 16.6. The average molecular weight is 412 g/mol. The van der Waals surface area contributed by atoms with E-state index in [9.17, 15) is 14.9 Å². The standard InChI is InChI=1S/C24H20N4O3/c29-24(20-10-12-22(13-11-20)28(30)31)25-16-21-4-1-2-5-23(21)19-8-6-18(7-9-19)17-27-15-3-14-26-27/h1-15H,16-17H2,(H,25,29). The monoisotopic (exact) mass is 412 g/mol. The molecular weight excluding hydrogens is 392 g/mol. The minimum Gasteiger partial charge on any atom is -0.348 e. The fourth-order valence-electron chi connectivity index (χ4n) is 3.34. The van der Waals surface area contributed by atoms with Crippen molar-refractivity contribution >= 4 is 11.6 Å². The molecule has 31 heavy (non-hydrogen) atoms. The Morgan fingerprint density at radius 1 is 0.968 bits per heavy atom. The molecule has 0 radical (unpaired) electrons. The molecule has 7 nitrogen and oxygen atoms in total. The molecule has 0 aliphatic carbocycles. The van der Waals surface area contributed by atoms with Crippen LogP contribution >= 0.6 is 0 Å². The Kier molecular flexibility index (Phi) is 5.84. The van der Waals surface area contributed by atoms with Crippen molar-refractivity contribution in [3.05, 3.63) is 118 Å². The number of aromatic nitrogens is 2. The molecular formula is C24H20N4O3. The third-order valence-electron chi connectivity index (χ3n) is 4.97. The fraction of sp³-hybridized carbons (Fsp3) is 0.0833. The molecule has 1 amide bonds. The first-order valence-corrected chi connectivity index (χ1v) is 9.77. The maximum Gasteiger partial charge on any atom is 0.269 e. The number of carbonyl (C=O) groups excluding carboxylic acids is 1. The Morgan fingerprint density at radius 3 is 2.39 bits per heavy atom. The third-order valence-corrected chi connectivity index (χ3v) is 4.97. The van der Waals surface area contributed by atoms with Gasteiger partial charge >= 0.3 is 0 Å². The zero-order valence-corrected chi connectivity index (χ0v) is 16.6. The lowest BCUT2D eigenvalue weighted by molar-refractivity contribution is -0.384. The maximum atomic E-state index is 12.5. The molecule has 0 aliphatic rings. The number of nitro groups is 1. The van der Waals surface area contributed by atoms with Crippen LogP contribution in [0.3, 0.4) is 0 Å². The number of benzene rings is 3. The summed E-state index contributed by atoms with van der Waals surface area (Å²) in [5.41, 5.74) is 4.57. The molecule has 0 fully saturated rings. The van der Waals surface area contributed by atoms with Crippen molar-refractivity contribution < 1.29 is 9.72 Å². The molecule has 1 aromatic heterocycles. The topological polar surface area (TPSA) is 90.1 Å². The van der Waals surface area contributed by atoms with Gasteiger partial charge in [0.1, 0.15) is 0 Å². The number of hydrogen-bond acceptors (Lipinski definition) is 4. The molecule has 1 heterocycles. The summed E-state index contributed by atoms with van der Waals surface area (Å²) in [6.45, 7) is 1.06. The summed E-state index contributed by atoms with van der Waals surface area (Å²) in [5.74, 6) is -0.278. The van der Waals surface area contributed by atoms with Gasteiger partial charge in [-0.25, -0.2) is 0 Å². The van der Waals surface area contributed by atoms with E-state index in [0.29, 0.717) is 18.7 Å². The van der Waals surface area contributed by atoms with Crippen LogP contribution in [0.25, 0.3) is 11.1 Å². The lowest BCUT2D eigenvalue weighted by Crippen LogP contribution is -2.23. The smallest absolute Gasteiger partial charge is 0.269 e. The van der Waals surface area contributed by atoms with E-state index in [4.69, 9.17) is 0 Å². The highest BCUT2D eigenvalue weighted by Gasteiger charge is 2.11. The minimum absolute atomic E-state index is 0.0436. The van der Waals surface area contributed by atoms with Crippen LogP contribution in [-0.2, 0) is 13.1 Å². The Labute approximate surface area is 179 Å². The van der Waals surface area contributed by atoms with Crippen LogP contribution in [0.5, 0.6) is 0 Å². The summed E-state index contributed by atoms with van der Waals surface area (Å²) >= 11 is 0. The maximum absolute atomic E-state index is 12.5. The van der Waals surface area contributed by atoms with Gasteiger partial charge in [0.05, 0.1) is 11.5 Å². The zero-order chi connectivity index (χ0) is 21.6. The van der Waals surface area contributed by atoms with E-state index in [-0.39, 0.29) is 11.6 Å². The van der Waals surface area contributed by atoms with Gasteiger partial charge in [0.25, 0.3) is 11.6 Å². The van der Waals surface area contributed by atoms with E-state index >= 15 is 0 Å². The van der Waals surface area contributed by atoms with Crippen LogP contribution in [0.2, 0.25) is 0 Å². The van der Waals surface area contributed by atoms with Crippen LogP contribution in [0.4, 0.5) is 5.69 Å². The Balaban J connectivity index is 1.45. The average Bonchev–Trinajstić information content (AvgIpc) is 3.31. The molecule has 4 rings (SSSR count). The van der Waals surface area contributed by atoms with Gasteiger partial charge in [-0.1, -0.05) is 48.5 Å². The largest absolute Gasteiger partial charge is 0.348 e. The minimum atomic E-state index is -0.488. The normalized spacial score (nSPS) is 10.6. The predicted octanol–water partition coefficient (Wildman–Crippen LogP) is 4.44. The van der Waals surface area contributed by atoms with E-state index in [0.717, 1.165) is 22.3 Å². The SMILES string of the molecule is O=C(NCc1ccccc1-c1ccc(Cn2cccn2)cc1)c1ccc([N+](=O)[O-])cc1. The van der Waals surface area contributed by atoms with Crippen molar-refractivity contribution in [1.82, 2.24) is 15.1 Å². The van der Waals surface area contributed by atoms with Crippen LogP contribution in [0.1, 0.15) is 21.5 Å². The molecule has 0 unspecified atom stereocenters. The number of carbonyl (C=O) groups is 1. The highest BCUT2D eigenvalue weighted by molar-refractivity contribution is 5.94. The molecule has 0 spiro atoms. The molecule has 4 aromatic rings. The van der Waals surface area contributed by atoms with E-state index in [1.807, 2.05) is 41.2 Å². The molecule has 154 valence electrons. The van der Waals surface area contributed by atoms with E-state index in [1.54, 1.807) is 6.20 Å². The summed E-state index contributed by atoms with van der Waals surface area (Å²) in [6.07, 6.45) is 3.69. The van der Waals surface area contributed by atoms with Gasteiger partial charge in [-0.05, 0) is 40.5 Å². The molecule has 7 heteroatoms. The summed E-state index contributed by atoms with van der Waals surface area (Å²) in [7, 11) is 0. The molecule has 1 N–H and O–H groups in total. The number of nitro benzene ring substituents is 1. The molecule has 3 aromatic carbocycles. The first-order chi connectivity index (χ1) is 15.1. The first kappa shape index (κ1) is 20.0. The van der Waals surface area contributed by atoms with Crippen LogP contribution in [0, 0.1) is 10.1 Å². The lowest BCUT2D eigenvalue weighted by Gasteiger charge is -2.12. The molecule has 0 saturated heterocycles. The Bertz CT molecular complexity index is 1180. The van der Waals surface area contributed by atoms with E-state index < -0.39 is 4.92 Å². The number of hydrogen-bond donors (Lipinski definition) is 1. The quantitative estimate of drug-likeness (QED) is 0.359. The highest BCUT2D eigenvalue weighted by Crippen LogP contribution is 2.24. The Hall–Kier alpha value is -4.26. The predicted molar refractivity (Wildman–Crippen MR) is 117 cm³/mol. The van der Waals surface area contributed by atoms with Crippen LogP contribution in [0.15, 0.2) is 91.3 Å². The summed E-state index contributed by atoms with van der Waals surface area (Å²) < 4.78 is 1.87. The van der Waals surface area contributed by atoms with Crippen molar-refractivity contribution in [2.45, 2.75) is 13.1 Å². The van der Waals surface area contributed by atoms with Gasteiger partial charge in [0.2, 0.25) is 0 Å². The lowest BCUT2D eigenvalue weighted by atomic mass is 9.98. The molecule has 0 aliphatic heterocycles. The third kappa shape index (κ3) is 4.84. The van der Waals surface area contributed by atoms with Crippen molar-refractivity contribution in [2.24, 2.45) is 0 Å². The number of rotatable bonds is 7. The van der Waals surface area contributed by atoms with Gasteiger partial charge in [-0.3, -0.25) is 19.6 Å². The van der Waals surface area contributed by atoms with E-state index in [1.165, 1.54) is 24.3 Å². The summed E-state index contributed by atoms with van der Waals surface area (Å²) in [4.78, 5) is 22.7. The van der Waals surface area contributed by atoms with Crippen LogP contribution in [-0.4, -0.2) is 20.6 Å². The second-order valence-electron chi connectivity index (χ2n) is 7.04. The number of nitrogens with zero attached hydrogens (tertiary/aromatic N) is 3. The van der Waals surface area contributed by atoms with Gasteiger partial charge < -0.3 is 5.32 Å². The Morgan fingerprint density at radius 2 is 1.71 bits per heavy atom. The molecule has 0 saturated carbocycles. The number of amides is 1. The van der Waals surface area contributed by atoms with Crippen LogP contribution < -0.4 is 5.32 Å². The zero-order valence-electron chi connectivity index (χ0n) is 16.6. The van der Waals surface area contributed by atoms with E-state index in [2.05, 4.69) is 34.7 Å². The second kappa shape index (κ2) is 9.04. The first-order valence-electron chi connectivity index (χ1n) is 9.77. The van der Waals surface area contributed by atoms with Gasteiger partial charge in [-0.15, -0.1) is 0 Å². The number of nitrogens with one attached hydrogen (secondary N) is 1. The van der Waals surface area contributed by atoms with Crippen molar-refractivity contribution in [3.63, 3.8) is 0 Å². The fourth-order valence-corrected chi connectivity index (χ4v) is 3.34. The summed E-state index contributed by atoms with van der Waals surface area (Å²) in [6, 6.07) is 23.6. The van der Waals surface area contributed by atoms with Gasteiger partial charge in [-0.2, -0.15) is 5.10 Å². The molecule has 0 bridgehead atoms. The second-order valence-corrected chi connectivity index (χ2v) is 7.04.